The minimum Gasteiger partial charge on any atom is -0.458 e. The lowest BCUT2D eigenvalue weighted by Gasteiger charge is -2.37. The van der Waals surface area contributed by atoms with E-state index in [4.69, 9.17) is 40.8 Å². The zero-order valence-electron chi connectivity index (χ0n) is 31.8. The van der Waals surface area contributed by atoms with Gasteiger partial charge in [-0.05, 0) is 84.3 Å². The summed E-state index contributed by atoms with van der Waals surface area (Å²) in [5, 5.41) is 8.10. The molecule has 2 heterocycles. The van der Waals surface area contributed by atoms with Crippen molar-refractivity contribution in [1.29, 1.82) is 0 Å². The summed E-state index contributed by atoms with van der Waals surface area (Å²) >= 11 is 7.01. The maximum atomic E-state index is 13.3. The number of hydrogen-bond donors (Lipinski definition) is 2. The molecule has 0 aliphatic rings. The minimum atomic E-state index is -2.20. The van der Waals surface area contributed by atoms with Crippen molar-refractivity contribution in [2.75, 3.05) is 6.61 Å². The highest BCUT2D eigenvalue weighted by Crippen LogP contribution is 2.36. The molecule has 3 rings (SSSR count). The highest BCUT2D eigenvalue weighted by Gasteiger charge is 2.39. The van der Waals surface area contributed by atoms with Crippen molar-refractivity contribution in [3.8, 4) is 10.7 Å². The number of thiazole rings is 1. The maximum Gasteiger partial charge on any atom is 0.408 e. The molecule has 0 aliphatic carbocycles. The van der Waals surface area contributed by atoms with Crippen LogP contribution in [0.2, 0.25) is 18.1 Å². The molecule has 0 bridgehead atoms. The first-order valence-corrected chi connectivity index (χ1v) is 21.0. The average Bonchev–Trinajstić information content (AvgIpc) is 3.50. The number of pyridine rings is 1. The van der Waals surface area contributed by atoms with Gasteiger partial charge in [-0.3, -0.25) is 0 Å². The normalized spacial score (nSPS) is 13.5. The predicted molar refractivity (Wildman–Crippen MR) is 206 cm³/mol. The first kappa shape index (κ1) is 41.7. The number of rotatable bonds is 12. The standard InChI is InChI=1S/C37H52N4O7S2Si/c1-23(38-34(44)48-36(5,6)7)29-25(32(42)45-20-24-16-14-13-15-17-24)18-19-26(39-29)31-41-28(22-50-31)30(49)40-27(33(43)47-35(2,3)4)21-46-51(11,12)37(8,9)10/h13-19,22-23,27H,20-21H2,1-12H3,(H,38,44)(H,40,49)/t23?,27-/m0/s1. The quantitative estimate of drug-likeness (QED) is 0.0802. The first-order valence-electron chi connectivity index (χ1n) is 16.8. The number of nitrogens with one attached hydrogen (secondary N) is 2. The first-order chi connectivity index (χ1) is 23.5. The number of esters is 2. The van der Waals surface area contributed by atoms with Gasteiger partial charge in [-0.15, -0.1) is 11.3 Å². The van der Waals surface area contributed by atoms with Gasteiger partial charge in [0.25, 0.3) is 0 Å². The van der Waals surface area contributed by atoms with Crippen LogP contribution in [-0.2, 0) is 30.0 Å². The highest BCUT2D eigenvalue weighted by molar-refractivity contribution is 7.80. The number of aromatic nitrogens is 2. The van der Waals surface area contributed by atoms with Crippen LogP contribution in [0.4, 0.5) is 4.79 Å². The lowest BCUT2D eigenvalue weighted by Crippen LogP contribution is -2.50. The van der Waals surface area contributed by atoms with Crippen LogP contribution < -0.4 is 10.6 Å². The fourth-order valence-electron chi connectivity index (χ4n) is 4.23. The van der Waals surface area contributed by atoms with E-state index in [1.54, 1.807) is 66.0 Å². The molecule has 0 radical (unpaired) electrons. The largest absolute Gasteiger partial charge is 0.458 e. The number of nitrogens with zero attached hydrogens (tertiary/aromatic N) is 2. The van der Waals surface area contributed by atoms with Crippen LogP contribution in [0, 0.1) is 0 Å². The Hall–Kier alpha value is -3.72. The van der Waals surface area contributed by atoms with E-state index in [-0.39, 0.29) is 34.5 Å². The zero-order valence-corrected chi connectivity index (χ0v) is 34.4. The van der Waals surface area contributed by atoms with Crippen molar-refractivity contribution < 1.29 is 33.0 Å². The third-order valence-corrected chi connectivity index (χ3v) is 13.6. The summed E-state index contributed by atoms with van der Waals surface area (Å²) in [5.41, 5.74) is 0.752. The Morgan fingerprint density at radius 2 is 1.51 bits per heavy atom. The number of ether oxygens (including phenoxy) is 3. The number of alkyl carbamates (subject to hydrolysis) is 1. The van der Waals surface area contributed by atoms with E-state index < -0.39 is 49.6 Å². The molecule has 2 atom stereocenters. The second kappa shape index (κ2) is 16.7. The molecule has 1 unspecified atom stereocenters. The Morgan fingerprint density at radius 1 is 0.882 bits per heavy atom. The lowest BCUT2D eigenvalue weighted by molar-refractivity contribution is -0.157. The van der Waals surface area contributed by atoms with Crippen molar-refractivity contribution in [2.24, 2.45) is 0 Å². The minimum absolute atomic E-state index is 0.0598. The molecule has 0 saturated carbocycles. The number of hydrogen-bond acceptors (Lipinski definition) is 11. The number of benzene rings is 1. The highest BCUT2D eigenvalue weighted by atomic mass is 32.1. The Morgan fingerprint density at radius 3 is 2.10 bits per heavy atom. The lowest BCUT2D eigenvalue weighted by atomic mass is 10.1. The molecule has 51 heavy (non-hydrogen) atoms. The predicted octanol–water partition coefficient (Wildman–Crippen LogP) is 8.15. The number of carbonyl (C=O) groups excluding carboxylic acids is 3. The molecule has 278 valence electrons. The molecule has 2 N–H and O–H groups in total. The summed E-state index contributed by atoms with van der Waals surface area (Å²) in [7, 11) is -2.20. The Balaban J connectivity index is 1.89. The van der Waals surface area contributed by atoms with Gasteiger partial charge in [0.05, 0.1) is 29.6 Å². The van der Waals surface area contributed by atoms with Crippen molar-refractivity contribution in [3.05, 3.63) is 70.4 Å². The van der Waals surface area contributed by atoms with Gasteiger partial charge in [-0.1, -0.05) is 63.3 Å². The van der Waals surface area contributed by atoms with Gasteiger partial charge in [-0.2, -0.15) is 0 Å². The Labute approximate surface area is 312 Å². The fourth-order valence-corrected chi connectivity index (χ4v) is 6.34. The summed E-state index contributed by atoms with van der Waals surface area (Å²) in [6.07, 6.45) is -0.657. The summed E-state index contributed by atoms with van der Waals surface area (Å²) in [6, 6.07) is 11.0. The smallest absolute Gasteiger partial charge is 0.408 e. The van der Waals surface area contributed by atoms with E-state index in [1.165, 1.54) is 11.3 Å². The molecule has 3 aromatic rings. The van der Waals surface area contributed by atoms with Crippen LogP contribution >= 0.6 is 23.6 Å². The van der Waals surface area contributed by atoms with Crippen LogP contribution in [0.15, 0.2) is 47.8 Å². The summed E-state index contributed by atoms with van der Waals surface area (Å²) < 4.78 is 23.1. The summed E-state index contributed by atoms with van der Waals surface area (Å²) in [6.45, 7) is 23.2. The van der Waals surface area contributed by atoms with Crippen LogP contribution in [0.3, 0.4) is 0 Å². The molecule has 1 amide bonds. The van der Waals surface area contributed by atoms with Crippen molar-refractivity contribution in [2.45, 2.75) is 117 Å². The molecule has 2 aromatic heterocycles. The molecule has 0 aliphatic heterocycles. The van der Waals surface area contributed by atoms with E-state index in [9.17, 15) is 14.4 Å². The number of amides is 1. The third-order valence-electron chi connectivity index (χ3n) is 7.87. The van der Waals surface area contributed by atoms with Crippen LogP contribution in [-0.4, -0.2) is 65.2 Å². The van der Waals surface area contributed by atoms with E-state index in [0.29, 0.717) is 16.4 Å². The SMILES string of the molecule is CC(NC(=O)OC(C)(C)C)c1nc(-c2nc(C(=S)N[C@@H](CO[Si](C)(C)C(C)(C)C)C(=O)OC(C)(C)C)cs2)ccc1C(=O)OCc1ccccc1. The molecule has 0 saturated heterocycles. The second-order valence-electron chi connectivity index (χ2n) is 15.7. The van der Waals surface area contributed by atoms with Crippen molar-refractivity contribution in [1.82, 2.24) is 20.6 Å². The molecular weight excluding hydrogens is 705 g/mol. The number of carbonyl (C=O) groups is 3. The second-order valence-corrected chi connectivity index (χ2v) is 21.8. The van der Waals surface area contributed by atoms with Gasteiger partial charge in [0, 0.05) is 5.38 Å². The third kappa shape index (κ3) is 12.8. The van der Waals surface area contributed by atoms with E-state index in [0.717, 1.165) is 5.56 Å². The van der Waals surface area contributed by atoms with E-state index in [2.05, 4.69) is 44.5 Å². The topological polar surface area (TPSA) is 138 Å². The maximum absolute atomic E-state index is 13.3. The van der Waals surface area contributed by atoms with Crippen LogP contribution in [0.5, 0.6) is 0 Å². The van der Waals surface area contributed by atoms with Gasteiger partial charge in [-0.25, -0.2) is 24.4 Å². The summed E-state index contributed by atoms with van der Waals surface area (Å²) in [5.74, 6) is -1.07. The van der Waals surface area contributed by atoms with E-state index in [1.807, 2.05) is 30.3 Å². The molecular formula is C37H52N4O7S2Si. The summed E-state index contributed by atoms with van der Waals surface area (Å²) in [4.78, 5) is 49.0. The number of thiocarbonyl (C=S) groups is 1. The monoisotopic (exact) mass is 756 g/mol. The molecule has 0 spiro atoms. The van der Waals surface area contributed by atoms with E-state index >= 15 is 0 Å². The molecule has 1 aromatic carbocycles. The van der Waals surface area contributed by atoms with Crippen molar-refractivity contribution in [3.63, 3.8) is 0 Å². The van der Waals surface area contributed by atoms with Crippen molar-refractivity contribution >= 4 is 54.9 Å². The fraction of sp³-hybridized carbons (Fsp3) is 0.514. The van der Waals surface area contributed by atoms with Gasteiger partial charge >= 0.3 is 18.0 Å². The van der Waals surface area contributed by atoms with Gasteiger partial charge in [0.1, 0.15) is 39.5 Å². The van der Waals surface area contributed by atoms with Crippen LogP contribution in [0.25, 0.3) is 10.7 Å². The molecule has 14 heteroatoms. The zero-order chi connectivity index (χ0) is 38.4. The van der Waals surface area contributed by atoms with Gasteiger partial charge in [0.15, 0.2) is 8.32 Å². The average molecular weight is 757 g/mol. The Bertz CT molecular complexity index is 1690. The Kier molecular flexibility index (Phi) is 13.7. The van der Waals surface area contributed by atoms with Crippen LogP contribution in [0.1, 0.15) is 103 Å². The van der Waals surface area contributed by atoms with Gasteiger partial charge in [0.2, 0.25) is 0 Å². The molecule has 0 fully saturated rings. The molecule has 11 nitrogen and oxygen atoms in total. The van der Waals surface area contributed by atoms with Gasteiger partial charge < -0.3 is 29.3 Å².